The van der Waals surface area contributed by atoms with Crippen LogP contribution >= 0.6 is 0 Å². The van der Waals surface area contributed by atoms with Crippen molar-refractivity contribution in [3.63, 3.8) is 0 Å². The minimum atomic E-state index is -0.263. The number of ether oxygens (including phenoxy) is 2. The molecule has 0 spiro atoms. The number of methoxy groups -OCH3 is 1. The molecule has 0 radical (unpaired) electrons. The molecule has 1 aliphatic rings. The molecule has 0 saturated carbocycles. The molecule has 1 aliphatic heterocycles. The number of nitrogen functional groups attached to an aromatic ring is 1. The first-order valence-corrected chi connectivity index (χ1v) is 6.61. The van der Waals surface area contributed by atoms with Crippen LogP contribution in [0.25, 0.3) is 0 Å². The number of nitrogens with zero attached hydrogens (tertiary/aromatic N) is 1. The van der Waals surface area contributed by atoms with Crippen LogP contribution in [0.4, 0.5) is 5.69 Å². The van der Waals surface area contributed by atoms with Crippen molar-refractivity contribution >= 4 is 11.6 Å². The Morgan fingerprint density at radius 1 is 1.55 bits per heavy atom. The van der Waals surface area contributed by atoms with Gasteiger partial charge in [0.05, 0.1) is 20.3 Å². The summed E-state index contributed by atoms with van der Waals surface area (Å²) in [5.74, 6) is 0.699. The van der Waals surface area contributed by atoms with Gasteiger partial charge in [-0.2, -0.15) is 0 Å². The summed E-state index contributed by atoms with van der Waals surface area (Å²) in [6.07, 6.45) is 0. The van der Waals surface area contributed by atoms with Gasteiger partial charge in [-0.15, -0.1) is 0 Å². The average Bonchev–Trinajstić information content (AvgIpc) is 2.46. The van der Waals surface area contributed by atoms with Crippen molar-refractivity contribution in [2.45, 2.75) is 12.6 Å². The highest BCUT2D eigenvalue weighted by Gasteiger charge is 2.28. The Kier molecular flexibility index (Phi) is 4.81. The minimum Gasteiger partial charge on any atom is -0.497 e. The van der Waals surface area contributed by atoms with Gasteiger partial charge in [0, 0.05) is 31.9 Å². The first-order valence-electron chi connectivity index (χ1n) is 6.61. The summed E-state index contributed by atoms with van der Waals surface area (Å²) >= 11 is 0. The molecular formula is C14H21N3O3. The number of nitrogens with two attached hydrogens (primary N) is 1. The summed E-state index contributed by atoms with van der Waals surface area (Å²) in [7, 11) is 3.25. The van der Waals surface area contributed by atoms with E-state index in [4.69, 9.17) is 15.2 Å². The Morgan fingerprint density at radius 2 is 2.35 bits per heavy atom. The van der Waals surface area contributed by atoms with Gasteiger partial charge in [-0.05, 0) is 17.7 Å². The van der Waals surface area contributed by atoms with Crippen molar-refractivity contribution in [2.75, 3.05) is 39.6 Å². The van der Waals surface area contributed by atoms with Gasteiger partial charge >= 0.3 is 0 Å². The van der Waals surface area contributed by atoms with E-state index in [2.05, 4.69) is 10.2 Å². The van der Waals surface area contributed by atoms with Gasteiger partial charge in [0.25, 0.3) is 0 Å². The maximum Gasteiger partial charge on any atom is 0.239 e. The number of carbonyl (C=O) groups is 1. The van der Waals surface area contributed by atoms with Crippen LogP contribution in [0, 0.1) is 0 Å². The van der Waals surface area contributed by atoms with Crippen molar-refractivity contribution < 1.29 is 14.3 Å². The second kappa shape index (κ2) is 6.58. The van der Waals surface area contributed by atoms with E-state index in [1.54, 1.807) is 20.2 Å². The molecule has 6 heteroatoms. The van der Waals surface area contributed by atoms with Gasteiger partial charge in [0.2, 0.25) is 5.91 Å². The molecule has 110 valence electrons. The zero-order chi connectivity index (χ0) is 14.5. The van der Waals surface area contributed by atoms with E-state index in [-0.39, 0.29) is 11.9 Å². The molecule has 6 nitrogen and oxygen atoms in total. The molecule has 0 bridgehead atoms. The Morgan fingerprint density at radius 3 is 3.05 bits per heavy atom. The number of nitrogens with one attached hydrogen (secondary N) is 1. The number of carbonyl (C=O) groups excluding carboxylic acids is 1. The van der Waals surface area contributed by atoms with Crippen LogP contribution in [0.1, 0.15) is 5.56 Å². The van der Waals surface area contributed by atoms with Crippen LogP contribution in [0.5, 0.6) is 5.75 Å². The first-order chi connectivity index (χ1) is 9.63. The first kappa shape index (κ1) is 14.6. The Balaban J connectivity index is 2.14. The molecule has 1 aromatic carbocycles. The lowest BCUT2D eigenvalue weighted by Crippen LogP contribution is -2.52. The normalized spacial score (nSPS) is 19.6. The zero-order valence-corrected chi connectivity index (χ0v) is 11.9. The highest BCUT2D eigenvalue weighted by atomic mass is 16.5. The highest BCUT2D eigenvalue weighted by Crippen LogP contribution is 2.21. The van der Waals surface area contributed by atoms with E-state index < -0.39 is 0 Å². The Labute approximate surface area is 118 Å². The van der Waals surface area contributed by atoms with E-state index in [0.29, 0.717) is 25.4 Å². The summed E-state index contributed by atoms with van der Waals surface area (Å²) < 4.78 is 10.6. The van der Waals surface area contributed by atoms with E-state index in [1.807, 2.05) is 12.1 Å². The molecular weight excluding hydrogens is 258 g/mol. The second-order valence-corrected chi connectivity index (χ2v) is 4.79. The maximum atomic E-state index is 11.9. The topological polar surface area (TPSA) is 76.8 Å². The van der Waals surface area contributed by atoms with Crippen LogP contribution in [0.3, 0.4) is 0 Å². The number of hydrogen-bond acceptors (Lipinski definition) is 5. The lowest BCUT2D eigenvalue weighted by atomic mass is 10.1. The van der Waals surface area contributed by atoms with Crippen LogP contribution < -0.4 is 15.8 Å². The lowest BCUT2D eigenvalue weighted by molar-refractivity contribution is -0.132. The predicted molar refractivity (Wildman–Crippen MR) is 76.5 cm³/mol. The highest BCUT2D eigenvalue weighted by molar-refractivity contribution is 5.81. The largest absolute Gasteiger partial charge is 0.497 e. The summed E-state index contributed by atoms with van der Waals surface area (Å²) in [4.78, 5) is 14.0. The van der Waals surface area contributed by atoms with Crippen molar-refractivity contribution in [1.82, 2.24) is 10.2 Å². The van der Waals surface area contributed by atoms with Crippen molar-refractivity contribution in [3.05, 3.63) is 23.8 Å². The number of amides is 1. The van der Waals surface area contributed by atoms with Crippen molar-refractivity contribution in [3.8, 4) is 5.75 Å². The van der Waals surface area contributed by atoms with Gasteiger partial charge in [-0.25, -0.2) is 0 Å². The third-order valence-electron chi connectivity index (χ3n) is 3.40. The van der Waals surface area contributed by atoms with Crippen LogP contribution in [-0.4, -0.2) is 50.8 Å². The summed E-state index contributed by atoms with van der Waals surface area (Å²) in [5.41, 5.74) is 7.54. The van der Waals surface area contributed by atoms with E-state index in [9.17, 15) is 4.79 Å². The number of morpholine rings is 1. The maximum absolute atomic E-state index is 11.9. The molecule has 1 unspecified atom stereocenters. The third kappa shape index (κ3) is 3.40. The van der Waals surface area contributed by atoms with Crippen LogP contribution in [-0.2, 0) is 16.1 Å². The minimum absolute atomic E-state index is 0.0273. The van der Waals surface area contributed by atoms with Gasteiger partial charge in [0.15, 0.2) is 0 Å². The van der Waals surface area contributed by atoms with E-state index in [1.165, 1.54) is 0 Å². The van der Waals surface area contributed by atoms with Crippen LogP contribution in [0.15, 0.2) is 18.2 Å². The van der Waals surface area contributed by atoms with Crippen molar-refractivity contribution in [1.29, 1.82) is 0 Å². The molecule has 1 heterocycles. The fourth-order valence-corrected chi connectivity index (χ4v) is 2.37. The SMILES string of the molecule is CNC(=O)C1COCCN1Cc1cc(N)cc(OC)c1. The number of benzene rings is 1. The molecule has 1 fully saturated rings. The molecule has 3 N–H and O–H groups in total. The molecule has 1 aromatic rings. The standard InChI is InChI=1S/C14H21N3O3/c1-16-14(18)13-9-20-4-3-17(13)8-10-5-11(15)7-12(6-10)19-2/h5-7,13H,3-4,8-9,15H2,1-2H3,(H,16,18). The Hall–Kier alpha value is -1.79. The zero-order valence-electron chi connectivity index (χ0n) is 11.9. The average molecular weight is 279 g/mol. The third-order valence-corrected chi connectivity index (χ3v) is 3.40. The molecule has 1 atom stereocenters. The quantitative estimate of drug-likeness (QED) is 0.771. The molecule has 2 rings (SSSR count). The summed E-state index contributed by atoms with van der Waals surface area (Å²) in [6.45, 7) is 2.41. The monoisotopic (exact) mass is 279 g/mol. The number of anilines is 1. The smallest absolute Gasteiger partial charge is 0.239 e. The van der Waals surface area contributed by atoms with Gasteiger partial charge in [-0.3, -0.25) is 9.69 Å². The Bertz CT molecular complexity index is 479. The number of rotatable bonds is 4. The molecule has 1 saturated heterocycles. The fraction of sp³-hybridized carbons (Fsp3) is 0.500. The number of hydrogen-bond donors (Lipinski definition) is 2. The van der Waals surface area contributed by atoms with Gasteiger partial charge < -0.3 is 20.5 Å². The summed E-state index contributed by atoms with van der Waals surface area (Å²) in [5, 5.41) is 2.67. The van der Waals surface area contributed by atoms with Crippen molar-refractivity contribution in [2.24, 2.45) is 0 Å². The summed E-state index contributed by atoms with van der Waals surface area (Å²) in [6, 6.07) is 5.35. The van der Waals surface area contributed by atoms with E-state index in [0.717, 1.165) is 17.9 Å². The van der Waals surface area contributed by atoms with Crippen LogP contribution in [0.2, 0.25) is 0 Å². The van der Waals surface area contributed by atoms with Gasteiger partial charge in [0.1, 0.15) is 11.8 Å². The molecule has 1 amide bonds. The van der Waals surface area contributed by atoms with Gasteiger partial charge in [-0.1, -0.05) is 0 Å². The molecule has 0 aliphatic carbocycles. The fourth-order valence-electron chi connectivity index (χ4n) is 2.37. The van der Waals surface area contributed by atoms with E-state index >= 15 is 0 Å². The lowest BCUT2D eigenvalue weighted by Gasteiger charge is -2.34. The molecule has 20 heavy (non-hydrogen) atoms. The predicted octanol–water partition coefficient (Wildman–Crippen LogP) is 0.224. The number of likely N-dealkylation sites (N-methyl/N-ethyl adjacent to an activating group) is 1. The second-order valence-electron chi connectivity index (χ2n) is 4.79. The molecule has 0 aromatic heterocycles.